The Morgan fingerprint density at radius 3 is 2.65 bits per heavy atom. The summed E-state index contributed by atoms with van der Waals surface area (Å²) in [6, 6.07) is 13.0. The predicted molar refractivity (Wildman–Crippen MR) is 152 cm³/mol. The second-order valence-corrected chi connectivity index (χ2v) is 11.3. The number of benzene rings is 2. The molecule has 0 saturated heterocycles. The van der Waals surface area contributed by atoms with Crippen LogP contribution in [0.15, 0.2) is 53.2 Å². The number of oxazole rings is 1. The number of nitrogens with one attached hydrogen (secondary N) is 1. The largest absolute Gasteiger partial charge is 0.434 e. The van der Waals surface area contributed by atoms with Crippen molar-refractivity contribution >= 4 is 11.1 Å². The van der Waals surface area contributed by atoms with Crippen LogP contribution in [0.5, 0.6) is 0 Å². The number of aryl methyl sites for hydroxylation is 2. The van der Waals surface area contributed by atoms with Gasteiger partial charge < -0.3 is 19.0 Å². The molecule has 1 saturated carbocycles. The van der Waals surface area contributed by atoms with Gasteiger partial charge in [0.1, 0.15) is 23.4 Å². The molecule has 0 radical (unpaired) electrons. The van der Waals surface area contributed by atoms with Crippen molar-refractivity contribution in [2.75, 3.05) is 13.7 Å². The third-order valence-corrected chi connectivity index (χ3v) is 7.32. The Morgan fingerprint density at radius 1 is 1.10 bits per heavy atom. The van der Waals surface area contributed by atoms with Crippen LogP contribution < -0.4 is 5.32 Å². The molecule has 206 valence electrons. The average Bonchev–Trinajstić information content (AvgIpc) is 3.54. The van der Waals surface area contributed by atoms with Crippen LogP contribution >= 0.6 is 0 Å². The highest BCUT2D eigenvalue weighted by Gasteiger charge is 2.27. The maximum atomic E-state index is 14.4. The van der Waals surface area contributed by atoms with Crippen LogP contribution in [0.25, 0.3) is 45.2 Å². The van der Waals surface area contributed by atoms with E-state index in [0.717, 1.165) is 51.9 Å². The lowest BCUT2D eigenvalue weighted by Gasteiger charge is -2.25. The molecular formula is C31H33FN6O2. The number of pyridine rings is 1. The summed E-state index contributed by atoms with van der Waals surface area (Å²) < 4.78 is 27.8. The van der Waals surface area contributed by atoms with Gasteiger partial charge in [0, 0.05) is 43.4 Å². The van der Waals surface area contributed by atoms with Gasteiger partial charge in [-0.1, -0.05) is 12.1 Å². The van der Waals surface area contributed by atoms with Crippen LogP contribution in [0.1, 0.15) is 49.4 Å². The monoisotopic (exact) mass is 540 g/mol. The van der Waals surface area contributed by atoms with Crippen molar-refractivity contribution < 1.29 is 13.5 Å². The zero-order valence-electron chi connectivity index (χ0n) is 23.5. The maximum absolute atomic E-state index is 14.4. The third kappa shape index (κ3) is 5.26. The summed E-state index contributed by atoms with van der Waals surface area (Å²) in [7, 11) is 3.56. The topological polar surface area (TPSA) is 90.9 Å². The van der Waals surface area contributed by atoms with Gasteiger partial charge in [-0.25, -0.2) is 14.4 Å². The maximum Gasteiger partial charge on any atom is 0.246 e. The SMILES string of the molecule is COCC(C)(C)NCc1cc(C)c2oc(-c3cc(-c4ccc(F)cc4-c4nncn4C)cc(C4CC4)n3)nc2c1. The molecule has 6 rings (SSSR count). The number of halogens is 1. The van der Waals surface area contributed by atoms with E-state index in [1.54, 1.807) is 24.1 Å². The molecule has 1 aliphatic rings. The van der Waals surface area contributed by atoms with Crippen molar-refractivity contribution in [3.8, 4) is 34.1 Å². The highest BCUT2D eigenvalue weighted by molar-refractivity contribution is 5.84. The summed E-state index contributed by atoms with van der Waals surface area (Å²) in [6.07, 6.45) is 3.80. The van der Waals surface area contributed by atoms with Gasteiger partial charge in [0.05, 0.1) is 6.61 Å². The Labute approximate surface area is 232 Å². The van der Waals surface area contributed by atoms with Crippen molar-refractivity contribution in [2.24, 2.45) is 7.05 Å². The number of rotatable bonds is 9. The highest BCUT2D eigenvalue weighted by atomic mass is 19.1. The molecule has 0 unspecified atom stereocenters. The molecule has 0 bridgehead atoms. The third-order valence-electron chi connectivity index (χ3n) is 7.32. The Hall–Kier alpha value is -3.95. The van der Waals surface area contributed by atoms with Crippen molar-refractivity contribution in [3.05, 3.63) is 71.4 Å². The fourth-order valence-corrected chi connectivity index (χ4v) is 5.12. The second-order valence-electron chi connectivity index (χ2n) is 11.3. The summed E-state index contributed by atoms with van der Waals surface area (Å²) in [5.41, 5.74) is 7.59. The second kappa shape index (κ2) is 10.2. The lowest BCUT2D eigenvalue weighted by Crippen LogP contribution is -2.42. The van der Waals surface area contributed by atoms with Gasteiger partial charge in [0.2, 0.25) is 5.89 Å². The van der Waals surface area contributed by atoms with Gasteiger partial charge in [-0.3, -0.25) is 0 Å². The molecule has 3 heterocycles. The molecule has 1 fully saturated rings. The van der Waals surface area contributed by atoms with Crippen molar-refractivity contribution in [3.63, 3.8) is 0 Å². The number of hydrogen-bond acceptors (Lipinski definition) is 7. The highest BCUT2D eigenvalue weighted by Crippen LogP contribution is 2.42. The zero-order valence-corrected chi connectivity index (χ0v) is 23.5. The van der Waals surface area contributed by atoms with Crippen LogP contribution in [0.4, 0.5) is 4.39 Å². The Kier molecular flexibility index (Phi) is 6.72. The summed E-state index contributed by atoms with van der Waals surface area (Å²) in [5, 5.41) is 11.8. The average molecular weight is 541 g/mol. The summed E-state index contributed by atoms with van der Waals surface area (Å²) in [6.45, 7) is 7.56. The number of aromatic nitrogens is 5. The molecule has 0 aliphatic heterocycles. The van der Waals surface area contributed by atoms with Gasteiger partial charge in [-0.05, 0) is 86.2 Å². The van der Waals surface area contributed by atoms with Gasteiger partial charge in [-0.15, -0.1) is 10.2 Å². The minimum absolute atomic E-state index is 0.152. The van der Waals surface area contributed by atoms with E-state index in [9.17, 15) is 4.39 Å². The fraction of sp³-hybridized carbons (Fsp3) is 0.355. The molecule has 0 spiro atoms. The zero-order chi connectivity index (χ0) is 28.0. The summed E-state index contributed by atoms with van der Waals surface area (Å²) in [5.74, 6) is 1.13. The smallest absolute Gasteiger partial charge is 0.246 e. The number of nitrogens with zero attached hydrogens (tertiary/aromatic N) is 5. The van der Waals surface area contributed by atoms with Crippen LogP contribution in [0.2, 0.25) is 0 Å². The van der Waals surface area contributed by atoms with E-state index in [-0.39, 0.29) is 11.4 Å². The van der Waals surface area contributed by atoms with Gasteiger partial charge >= 0.3 is 0 Å². The van der Waals surface area contributed by atoms with E-state index in [4.69, 9.17) is 19.1 Å². The molecule has 1 aliphatic carbocycles. The molecule has 5 aromatic rings. The summed E-state index contributed by atoms with van der Waals surface area (Å²) >= 11 is 0. The molecule has 0 amide bonds. The lowest BCUT2D eigenvalue weighted by atomic mass is 9.97. The first kappa shape index (κ1) is 26.3. The standard InChI is InChI=1S/C31H33FN6O2/c1-18-10-19(15-33-31(2,3)16-39-5)11-26-28(18)40-30(36-26)27-13-21(12-25(35-27)20-6-7-20)23-9-8-22(32)14-24(23)29-37-34-17-38(29)4/h8-14,17,20,33H,6-7,15-16H2,1-5H3. The molecule has 40 heavy (non-hydrogen) atoms. The van der Waals surface area contributed by atoms with Crippen LogP contribution in [0.3, 0.4) is 0 Å². The summed E-state index contributed by atoms with van der Waals surface area (Å²) in [4.78, 5) is 9.84. The van der Waals surface area contributed by atoms with E-state index < -0.39 is 0 Å². The fourth-order valence-electron chi connectivity index (χ4n) is 5.12. The minimum Gasteiger partial charge on any atom is -0.434 e. The first-order chi connectivity index (χ1) is 19.2. The quantitative estimate of drug-likeness (QED) is 0.238. The van der Waals surface area contributed by atoms with Crippen molar-refractivity contribution in [1.29, 1.82) is 0 Å². The van der Waals surface area contributed by atoms with Crippen LogP contribution in [0, 0.1) is 12.7 Å². The molecule has 8 nitrogen and oxygen atoms in total. The first-order valence-electron chi connectivity index (χ1n) is 13.5. The van der Waals surface area contributed by atoms with Gasteiger partial charge in [-0.2, -0.15) is 0 Å². The Balaban J connectivity index is 1.41. The van der Waals surface area contributed by atoms with E-state index in [0.29, 0.717) is 42.0 Å². The van der Waals surface area contributed by atoms with E-state index in [1.165, 1.54) is 12.1 Å². The number of ether oxygens (including phenoxy) is 1. The minimum atomic E-state index is -0.330. The molecule has 3 aromatic heterocycles. The van der Waals surface area contributed by atoms with E-state index in [2.05, 4.69) is 47.6 Å². The van der Waals surface area contributed by atoms with Gasteiger partial charge in [0.25, 0.3) is 0 Å². The van der Waals surface area contributed by atoms with Crippen LogP contribution in [-0.4, -0.2) is 44.0 Å². The Bertz CT molecular complexity index is 1700. The lowest BCUT2D eigenvalue weighted by molar-refractivity contribution is 0.128. The predicted octanol–water partition coefficient (Wildman–Crippen LogP) is 6.19. The number of fused-ring (bicyclic) bond motifs is 1. The number of methoxy groups -OCH3 is 1. The van der Waals surface area contributed by atoms with Crippen molar-refractivity contribution in [1.82, 2.24) is 30.0 Å². The normalized spacial score (nSPS) is 13.8. The molecular weight excluding hydrogens is 507 g/mol. The van der Waals surface area contributed by atoms with Crippen LogP contribution in [-0.2, 0) is 18.3 Å². The molecule has 0 atom stereocenters. The first-order valence-corrected chi connectivity index (χ1v) is 13.5. The molecule has 2 aromatic carbocycles. The Morgan fingerprint density at radius 2 is 1.93 bits per heavy atom. The molecule has 1 N–H and O–H groups in total. The van der Waals surface area contributed by atoms with Gasteiger partial charge in [0.15, 0.2) is 11.4 Å². The van der Waals surface area contributed by atoms with E-state index >= 15 is 0 Å². The molecule has 9 heteroatoms. The number of hydrogen-bond donors (Lipinski definition) is 1. The van der Waals surface area contributed by atoms with E-state index in [1.807, 2.05) is 20.0 Å². The van der Waals surface area contributed by atoms with Crippen molar-refractivity contribution in [2.45, 2.75) is 51.6 Å².